The van der Waals surface area contributed by atoms with Crippen molar-refractivity contribution in [1.29, 1.82) is 0 Å². The van der Waals surface area contributed by atoms with Gasteiger partial charge in [0.1, 0.15) is 0 Å². The van der Waals surface area contributed by atoms with E-state index < -0.39 is 0 Å². The molecule has 0 nitrogen and oxygen atoms in total. The third-order valence-electron chi connectivity index (χ3n) is 4.84. The molecule has 0 saturated heterocycles. The van der Waals surface area contributed by atoms with Gasteiger partial charge < -0.3 is 0 Å². The highest BCUT2D eigenvalue weighted by molar-refractivity contribution is 7.55. The van der Waals surface area contributed by atoms with Crippen LogP contribution in [0.3, 0.4) is 0 Å². The third kappa shape index (κ3) is 10.4. The molecule has 28 heavy (non-hydrogen) atoms. The third-order valence-corrected chi connectivity index (χ3v) is 6.28. The summed E-state index contributed by atoms with van der Waals surface area (Å²) in [5.74, 6) is 0. The van der Waals surface area contributed by atoms with Crippen molar-refractivity contribution >= 4 is 19.2 Å². The Morgan fingerprint density at radius 1 is 0.500 bits per heavy atom. The molecular formula is C27H36P+. The average Bonchev–Trinajstić information content (AvgIpc) is 2.76. The highest BCUT2D eigenvalue weighted by Gasteiger charge is 2.00. The summed E-state index contributed by atoms with van der Waals surface area (Å²) < 4.78 is 0. The summed E-state index contributed by atoms with van der Waals surface area (Å²) in [5, 5.41) is 2.90. The Kier molecular flexibility index (Phi) is 12.0. The van der Waals surface area contributed by atoms with Crippen molar-refractivity contribution in [2.45, 2.75) is 58.3 Å². The molecule has 0 radical (unpaired) electrons. The first-order valence-electron chi connectivity index (χ1n) is 10.9. The van der Waals surface area contributed by atoms with E-state index >= 15 is 0 Å². The molecule has 148 valence electrons. The molecule has 3 aromatic rings. The van der Waals surface area contributed by atoms with Gasteiger partial charge in [-0.15, -0.1) is 0 Å². The zero-order valence-corrected chi connectivity index (χ0v) is 18.5. The second kappa shape index (κ2) is 15.1. The van der Waals surface area contributed by atoms with E-state index in [0.717, 1.165) is 0 Å². The number of hydrogen-bond donors (Lipinski definition) is 0. The van der Waals surface area contributed by atoms with Crippen LogP contribution >= 0.6 is 8.58 Å². The van der Waals surface area contributed by atoms with Crippen molar-refractivity contribution in [2.75, 3.05) is 0 Å². The maximum Gasteiger partial charge on any atom is 0.0942 e. The maximum absolute atomic E-state index is 2.27. The van der Waals surface area contributed by atoms with E-state index in [4.69, 9.17) is 0 Å². The molecule has 0 aliphatic carbocycles. The molecule has 0 amide bonds. The fourth-order valence-electron chi connectivity index (χ4n) is 3.22. The smallest absolute Gasteiger partial charge is 0.0654 e. The van der Waals surface area contributed by atoms with Crippen molar-refractivity contribution in [1.82, 2.24) is 0 Å². The van der Waals surface area contributed by atoms with Crippen molar-refractivity contribution in [3.63, 3.8) is 0 Å². The summed E-state index contributed by atoms with van der Waals surface area (Å²) in [6.45, 7) is 2.27. The summed E-state index contributed by atoms with van der Waals surface area (Å²) in [4.78, 5) is 0. The Labute approximate surface area is 174 Å². The largest absolute Gasteiger partial charge is 0.0942 e. The lowest BCUT2D eigenvalue weighted by molar-refractivity contribution is 0.589. The van der Waals surface area contributed by atoms with Crippen LogP contribution in [0, 0.1) is 0 Å². The second-order valence-electron chi connectivity index (χ2n) is 7.32. The molecule has 3 rings (SSSR count). The Balaban J connectivity index is 0.000000202. The molecule has 0 aliphatic rings. The Bertz CT molecular complexity index is 670. The fourth-order valence-corrected chi connectivity index (χ4v) is 4.44. The van der Waals surface area contributed by atoms with Gasteiger partial charge in [-0.1, -0.05) is 112 Å². The Hall–Kier alpha value is -1.91. The predicted molar refractivity (Wildman–Crippen MR) is 130 cm³/mol. The topological polar surface area (TPSA) is 0 Å². The van der Waals surface area contributed by atoms with E-state index in [-0.39, 0.29) is 8.58 Å². The van der Waals surface area contributed by atoms with Gasteiger partial charge in [-0.05, 0) is 42.7 Å². The SMILES string of the molecule is CCCCCCCCCc1ccccc1.c1ccc([PH2+]c2ccccc2)cc1. The van der Waals surface area contributed by atoms with E-state index in [1.807, 2.05) is 0 Å². The monoisotopic (exact) mass is 391 g/mol. The first-order valence-corrected chi connectivity index (χ1v) is 12.0. The minimum absolute atomic E-state index is 0.271. The molecule has 0 fully saturated rings. The van der Waals surface area contributed by atoms with Crippen LogP contribution in [0.5, 0.6) is 0 Å². The summed E-state index contributed by atoms with van der Waals surface area (Å²) >= 11 is 0. The van der Waals surface area contributed by atoms with Crippen molar-refractivity contribution in [2.24, 2.45) is 0 Å². The fraction of sp³-hybridized carbons (Fsp3) is 0.333. The van der Waals surface area contributed by atoms with Gasteiger partial charge in [-0.3, -0.25) is 0 Å². The summed E-state index contributed by atoms with van der Waals surface area (Å²) in [6.07, 6.45) is 11.1. The van der Waals surface area contributed by atoms with Gasteiger partial charge in [0, 0.05) is 0 Å². The highest BCUT2D eigenvalue weighted by atomic mass is 31.1. The lowest BCUT2D eigenvalue weighted by Gasteiger charge is -2.01. The number of aryl methyl sites for hydroxylation is 1. The van der Waals surface area contributed by atoms with Gasteiger partial charge in [0.2, 0.25) is 0 Å². The highest BCUT2D eigenvalue weighted by Crippen LogP contribution is 2.10. The van der Waals surface area contributed by atoms with Crippen LogP contribution in [-0.4, -0.2) is 0 Å². The van der Waals surface area contributed by atoms with Gasteiger partial charge in [0.15, 0.2) is 0 Å². The van der Waals surface area contributed by atoms with Crippen LogP contribution in [0.15, 0.2) is 91.0 Å². The van der Waals surface area contributed by atoms with Crippen molar-refractivity contribution in [3.05, 3.63) is 96.6 Å². The Morgan fingerprint density at radius 3 is 1.43 bits per heavy atom. The molecule has 0 aromatic heterocycles. The first kappa shape index (κ1) is 22.4. The van der Waals surface area contributed by atoms with Gasteiger partial charge in [-0.25, -0.2) is 0 Å². The quantitative estimate of drug-likeness (QED) is 0.257. The van der Waals surface area contributed by atoms with Crippen LogP contribution < -0.4 is 10.6 Å². The van der Waals surface area contributed by atoms with Gasteiger partial charge in [0.25, 0.3) is 0 Å². The molecule has 3 aromatic carbocycles. The zero-order chi connectivity index (χ0) is 19.7. The van der Waals surface area contributed by atoms with E-state index in [1.165, 1.54) is 67.5 Å². The molecule has 0 atom stereocenters. The number of rotatable bonds is 10. The lowest BCUT2D eigenvalue weighted by Crippen LogP contribution is -2.01. The van der Waals surface area contributed by atoms with Crippen LogP contribution in [0.2, 0.25) is 0 Å². The summed E-state index contributed by atoms with van der Waals surface area (Å²) in [6, 6.07) is 32.2. The Morgan fingerprint density at radius 2 is 0.929 bits per heavy atom. The number of benzene rings is 3. The van der Waals surface area contributed by atoms with Crippen LogP contribution in [0.4, 0.5) is 0 Å². The van der Waals surface area contributed by atoms with Crippen molar-refractivity contribution in [3.8, 4) is 0 Å². The second-order valence-corrected chi connectivity index (χ2v) is 8.94. The summed E-state index contributed by atoms with van der Waals surface area (Å²) in [7, 11) is 0.271. The van der Waals surface area contributed by atoms with Gasteiger partial charge >= 0.3 is 0 Å². The molecular weight excluding hydrogens is 355 g/mol. The molecule has 0 bridgehead atoms. The molecule has 0 N–H and O–H groups in total. The molecule has 0 aliphatic heterocycles. The van der Waals surface area contributed by atoms with Crippen LogP contribution in [0.25, 0.3) is 0 Å². The van der Waals surface area contributed by atoms with E-state index in [9.17, 15) is 0 Å². The zero-order valence-electron chi connectivity index (χ0n) is 17.4. The van der Waals surface area contributed by atoms with Gasteiger partial charge in [-0.2, -0.15) is 0 Å². The van der Waals surface area contributed by atoms with Crippen LogP contribution in [0.1, 0.15) is 57.4 Å². The van der Waals surface area contributed by atoms with E-state index in [2.05, 4.69) is 97.9 Å². The molecule has 0 saturated carbocycles. The molecule has 0 heterocycles. The molecule has 0 spiro atoms. The van der Waals surface area contributed by atoms with Gasteiger partial charge in [0.05, 0.1) is 19.2 Å². The summed E-state index contributed by atoms with van der Waals surface area (Å²) in [5.41, 5.74) is 1.49. The maximum atomic E-state index is 2.27. The average molecular weight is 392 g/mol. The molecule has 0 unspecified atom stereocenters. The predicted octanol–water partition coefficient (Wildman–Crippen LogP) is 7.03. The first-order chi connectivity index (χ1) is 13.9. The minimum Gasteiger partial charge on any atom is -0.0654 e. The normalized spacial score (nSPS) is 10.2. The minimum atomic E-state index is 0.271. The van der Waals surface area contributed by atoms with Crippen molar-refractivity contribution < 1.29 is 0 Å². The number of unbranched alkanes of at least 4 members (excludes halogenated alkanes) is 6. The van der Waals surface area contributed by atoms with E-state index in [0.29, 0.717) is 0 Å². The standard InChI is InChI=1S/C15H24.C12H11P/c1-2-3-4-5-6-7-9-12-15-13-10-8-11-14-15;1-3-7-11(8-4-1)13-12-9-5-2-6-10-12/h8,10-11,13-14H,2-7,9,12H2,1H3;1-10,13H/p+1. The van der Waals surface area contributed by atoms with E-state index in [1.54, 1.807) is 0 Å². The number of hydrogen-bond acceptors (Lipinski definition) is 0. The molecule has 1 heteroatoms. The lowest BCUT2D eigenvalue weighted by atomic mass is 10.0. The van der Waals surface area contributed by atoms with Crippen LogP contribution in [-0.2, 0) is 6.42 Å².